The van der Waals surface area contributed by atoms with Gasteiger partial charge in [-0.15, -0.1) is 11.3 Å². The van der Waals surface area contributed by atoms with E-state index in [1.54, 1.807) is 28.8 Å². The van der Waals surface area contributed by atoms with E-state index < -0.39 is 5.41 Å². The van der Waals surface area contributed by atoms with Crippen molar-refractivity contribution in [1.82, 2.24) is 9.88 Å². The van der Waals surface area contributed by atoms with Crippen molar-refractivity contribution in [3.05, 3.63) is 16.1 Å². The Morgan fingerprint density at radius 2 is 2.25 bits per heavy atom. The van der Waals surface area contributed by atoms with Crippen LogP contribution in [0.4, 0.5) is 0 Å². The zero-order chi connectivity index (χ0) is 14.8. The minimum atomic E-state index is -0.749. The Morgan fingerprint density at radius 1 is 1.60 bits per heavy atom. The smallest absolute Gasteiger partial charge is 0.235 e. The predicted octanol–water partition coefficient (Wildman–Crippen LogP) is 1.49. The lowest BCUT2D eigenvalue weighted by molar-refractivity contribution is -0.141. The SMILES string of the molecule is Cc1ncsc1CN(C)C(=O)C1(C(N)=S)CCOCC1. The standard InChI is InChI=1S/C13H19N3O2S2/c1-9-10(20-8-15-9)7-16(2)12(17)13(11(14)19)3-5-18-6-4-13/h8H,3-7H2,1-2H3,(H2,14,19). The summed E-state index contributed by atoms with van der Waals surface area (Å²) in [5, 5.41) is 0. The number of carbonyl (C=O) groups excluding carboxylic acids is 1. The third kappa shape index (κ3) is 2.84. The number of nitrogens with two attached hydrogens (primary N) is 1. The van der Waals surface area contributed by atoms with Crippen molar-refractivity contribution in [2.45, 2.75) is 26.3 Å². The number of ether oxygens (including phenoxy) is 1. The molecule has 0 saturated carbocycles. The number of aromatic nitrogens is 1. The zero-order valence-electron chi connectivity index (χ0n) is 11.7. The fraction of sp³-hybridized carbons (Fsp3) is 0.615. The maximum absolute atomic E-state index is 12.8. The quantitative estimate of drug-likeness (QED) is 0.853. The van der Waals surface area contributed by atoms with Gasteiger partial charge in [-0.2, -0.15) is 0 Å². The van der Waals surface area contributed by atoms with Crippen LogP contribution in [0.5, 0.6) is 0 Å². The number of thiazole rings is 1. The maximum Gasteiger partial charge on any atom is 0.235 e. The van der Waals surface area contributed by atoms with Gasteiger partial charge >= 0.3 is 0 Å². The van der Waals surface area contributed by atoms with E-state index in [-0.39, 0.29) is 10.9 Å². The first-order chi connectivity index (χ1) is 9.47. The fourth-order valence-corrected chi connectivity index (χ4v) is 3.54. The Balaban J connectivity index is 2.15. The van der Waals surface area contributed by atoms with E-state index in [2.05, 4.69) is 4.98 Å². The normalized spacial score (nSPS) is 17.7. The molecular formula is C13H19N3O2S2. The Bertz CT molecular complexity index is 509. The van der Waals surface area contributed by atoms with Gasteiger partial charge in [-0.05, 0) is 19.8 Å². The second-order valence-corrected chi connectivity index (χ2v) is 6.46. The summed E-state index contributed by atoms with van der Waals surface area (Å²) in [5.74, 6) is -0.0129. The van der Waals surface area contributed by atoms with Gasteiger partial charge in [-0.25, -0.2) is 4.98 Å². The van der Waals surface area contributed by atoms with E-state index in [0.717, 1.165) is 10.6 Å². The average molecular weight is 313 g/mol. The van der Waals surface area contributed by atoms with Crippen molar-refractivity contribution in [3.63, 3.8) is 0 Å². The second kappa shape index (κ2) is 6.15. The van der Waals surface area contributed by atoms with Crippen molar-refractivity contribution in [2.75, 3.05) is 20.3 Å². The molecule has 0 unspecified atom stereocenters. The van der Waals surface area contributed by atoms with Gasteiger partial charge in [0.15, 0.2) is 0 Å². The molecule has 7 heteroatoms. The first-order valence-electron chi connectivity index (χ1n) is 6.49. The van der Waals surface area contributed by atoms with Gasteiger partial charge < -0.3 is 15.4 Å². The Labute approximate surface area is 128 Å². The van der Waals surface area contributed by atoms with Gasteiger partial charge in [0.05, 0.1) is 22.7 Å². The lowest BCUT2D eigenvalue weighted by Gasteiger charge is -2.37. The summed E-state index contributed by atoms with van der Waals surface area (Å²) in [6.45, 7) is 3.54. The summed E-state index contributed by atoms with van der Waals surface area (Å²) in [6.07, 6.45) is 1.13. The van der Waals surface area contributed by atoms with Crippen molar-refractivity contribution < 1.29 is 9.53 Å². The number of rotatable bonds is 4. The van der Waals surface area contributed by atoms with Gasteiger partial charge in [0, 0.05) is 25.1 Å². The topological polar surface area (TPSA) is 68.5 Å². The summed E-state index contributed by atoms with van der Waals surface area (Å²) in [7, 11) is 1.79. The maximum atomic E-state index is 12.8. The highest BCUT2D eigenvalue weighted by atomic mass is 32.1. The molecule has 2 rings (SSSR count). The van der Waals surface area contributed by atoms with Crippen LogP contribution in [0.1, 0.15) is 23.4 Å². The number of amides is 1. The monoisotopic (exact) mass is 313 g/mol. The molecule has 2 N–H and O–H groups in total. The number of thiocarbonyl (C=S) groups is 1. The predicted molar refractivity (Wildman–Crippen MR) is 82.6 cm³/mol. The average Bonchev–Trinajstić information content (AvgIpc) is 2.84. The molecule has 0 spiro atoms. The van der Waals surface area contributed by atoms with Crippen LogP contribution in [0.25, 0.3) is 0 Å². The molecule has 1 amide bonds. The van der Waals surface area contributed by atoms with Crippen LogP contribution in [-0.4, -0.2) is 41.0 Å². The van der Waals surface area contributed by atoms with Crippen LogP contribution in [0.15, 0.2) is 5.51 Å². The van der Waals surface area contributed by atoms with Crippen molar-refractivity contribution >= 4 is 34.5 Å². The first kappa shape index (κ1) is 15.3. The highest BCUT2D eigenvalue weighted by molar-refractivity contribution is 7.80. The molecule has 0 atom stereocenters. The van der Waals surface area contributed by atoms with E-state index in [9.17, 15) is 4.79 Å². The summed E-state index contributed by atoms with van der Waals surface area (Å²) >= 11 is 6.72. The van der Waals surface area contributed by atoms with E-state index in [1.165, 1.54) is 0 Å². The van der Waals surface area contributed by atoms with E-state index in [0.29, 0.717) is 32.6 Å². The summed E-state index contributed by atoms with van der Waals surface area (Å²) in [4.78, 5) is 20.1. The second-order valence-electron chi connectivity index (χ2n) is 5.08. The van der Waals surface area contributed by atoms with Crippen LogP contribution in [0, 0.1) is 12.3 Å². The number of hydrogen-bond donors (Lipinski definition) is 1. The molecule has 20 heavy (non-hydrogen) atoms. The van der Waals surface area contributed by atoms with Crippen molar-refractivity contribution in [3.8, 4) is 0 Å². The lowest BCUT2D eigenvalue weighted by Crippen LogP contribution is -2.52. The third-order valence-electron chi connectivity index (χ3n) is 3.80. The summed E-state index contributed by atoms with van der Waals surface area (Å²) < 4.78 is 5.34. The molecular weight excluding hydrogens is 294 g/mol. The molecule has 0 bridgehead atoms. The summed E-state index contributed by atoms with van der Waals surface area (Å²) in [6, 6.07) is 0. The molecule has 1 aromatic rings. The fourth-order valence-electron chi connectivity index (χ4n) is 2.42. The molecule has 5 nitrogen and oxygen atoms in total. The van der Waals surface area contributed by atoms with Crippen molar-refractivity contribution in [2.24, 2.45) is 11.1 Å². The Hall–Kier alpha value is -1.05. The Morgan fingerprint density at radius 3 is 2.75 bits per heavy atom. The molecule has 1 aliphatic rings. The molecule has 2 heterocycles. The van der Waals surface area contributed by atoms with Crippen LogP contribution < -0.4 is 5.73 Å². The van der Waals surface area contributed by atoms with E-state index in [1.807, 2.05) is 6.92 Å². The number of aryl methyl sites for hydroxylation is 1. The largest absolute Gasteiger partial charge is 0.392 e. The summed E-state index contributed by atoms with van der Waals surface area (Å²) in [5.41, 5.74) is 7.87. The molecule has 0 radical (unpaired) electrons. The van der Waals surface area contributed by atoms with E-state index in [4.69, 9.17) is 22.7 Å². The van der Waals surface area contributed by atoms with Crippen molar-refractivity contribution in [1.29, 1.82) is 0 Å². The van der Waals surface area contributed by atoms with Crippen LogP contribution in [0.3, 0.4) is 0 Å². The van der Waals surface area contributed by atoms with Crippen LogP contribution in [-0.2, 0) is 16.1 Å². The third-order valence-corrected chi connectivity index (χ3v) is 5.11. The zero-order valence-corrected chi connectivity index (χ0v) is 13.4. The van der Waals surface area contributed by atoms with Gasteiger partial charge in [0.1, 0.15) is 5.41 Å². The molecule has 1 saturated heterocycles. The molecule has 1 aromatic heterocycles. The minimum Gasteiger partial charge on any atom is -0.392 e. The first-order valence-corrected chi connectivity index (χ1v) is 7.78. The number of carbonyl (C=O) groups is 1. The van der Waals surface area contributed by atoms with Gasteiger partial charge in [0.25, 0.3) is 0 Å². The van der Waals surface area contributed by atoms with Gasteiger partial charge in [-0.3, -0.25) is 4.79 Å². The lowest BCUT2D eigenvalue weighted by atomic mass is 9.78. The molecule has 0 aliphatic carbocycles. The minimum absolute atomic E-state index is 0.0129. The van der Waals surface area contributed by atoms with E-state index >= 15 is 0 Å². The highest BCUT2D eigenvalue weighted by Crippen LogP contribution is 2.33. The van der Waals surface area contributed by atoms with Gasteiger partial charge in [-0.1, -0.05) is 12.2 Å². The van der Waals surface area contributed by atoms with Crippen LogP contribution >= 0.6 is 23.6 Å². The van der Waals surface area contributed by atoms with Gasteiger partial charge in [0.2, 0.25) is 5.91 Å². The molecule has 0 aromatic carbocycles. The Kier molecular flexibility index (Phi) is 4.72. The molecule has 1 aliphatic heterocycles. The molecule has 1 fully saturated rings. The number of hydrogen-bond acceptors (Lipinski definition) is 5. The highest BCUT2D eigenvalue weighted by Gasteiger charge is 2.44. The number of nitrogens with zero attached hydrogens (tertiary/aromatic N) is 2. The van der Waals surface area contributed by atoms with Crippen LogP contribution in [0.2, 0.25) is 0 Å². The molecule has 110 valence electrons.